The van der Waals surface area contributed by atoms with Gasteiger partial charge < -0.3 is 9.52 Å². The molecule has 0 fully saturated rings. The van der Waals surface area contributed by atoms with Crippen LogP contribution in [-0.4, -0.2) is 11.1 Å². The maximum atomic E-state index is 11.5. The van der Waals surface area contributed by atoms with Gasteiger partial charge in [0.05, 0.1) is 5.39 Å². The minimum absolute atomic E-state index is 0.297. The second-order valence-corrected chi connectivity index (χ2v) is 3.28. The molecule has 0 atom stereocenters. The number of carboxylic acids is 1. The molecule has 0 unspecified atom stereocenters. The van der Waals surface area contributed by atoms with E-state index in [2.05, 4.69) is 0 Å². The van der Waals surface area contributed by atoms with Gasteiger partial charge in [0.15, 0.2) is 5.43 Å². The van der Waals surface area contributed by atoms with Crippen LogP contribution in [-0.2, 0) is 0 Å². The lowest BCUT2D eigenvalue weighted by molar-refractivity contribution is 0.0663. The van der Waals surface area contributed by atoms with Gasteiger partial charge in [-0.15, -0.1) is 0 Å². The molecule has 1 N–H and O–H groups in total. The smallest absolute Gasteiger partial charge is 0.371 e. The summed E-state index contributed by atoms with van der Waals surface area (Å²) in [6.07, 6.45) is 0. The Balaban J connectivity index is 2.84. The number of rotatable bonds is 1. The molecule has 0 saturated heterocycles. The summed E-state index contributed by atoms with van der Waals surface area (Å²) >= 11 is 0. The Hall–Kier alpha value is -2.10. The van der Waals surface area contributed by atoms with Crippen molar-refractivity contribution >= 4 is 16.9 Å². The highest BCUT2D eigenvalue weighted by molar-refractivity contribution is 5.87. The van der Waals surface area contributed by atoms with Crippen molar-refractivity contribution in [2.24, 2.45) is 0 Å². The zero-order chi connectivity index (χ0) is 11.0. The van der Waals surface area contributed by atoms with Gasteiger partial charge in [0.2, 0.25) is 5.76 Å². The number of aromatic carboxylic acids is 1. The minimum atomic E-state index is -1.24. The summed E-state index contributed by atoms with van der Waals surface area (Å²) in [6, 6.07) is 6.02. The molecule has 0 amide bonds. The van der Waals surface area contributed by atoms with Crippen molar-refractivity contribution in [3.8, 4) is 0 Å². The predicted molar refractivity (Wildman–Crippen MR) is 54.2 cm³/mol. The number of carbonyl (C=O) groups is 1. The minimum Gasteiger partial charge on any atom is -0.475 e. The monoisotopic (exact) mass is 204 g/mol. The van der Waals surface area contributed by atoms with Crippen LogP contribution in [0.15, 0.2) is 33.5 Å². The van der Waals surface area contributed by atoms with Crippen molar-refractivity contribution in [3.05, 3.63) is 45.8 Å². The molecule has 2 aromatic rings. The van der Waals surface area contributed by atoms with Gasteiger partial charge in [-0.25, -0.2) is 4.79 Å². The van der Waals surface area contributed by atoms with Crippen LogP contribution in [0.2, 0.25) is 0 Å². The van der Waals surface area contributed by atoms with Gasteiger partial charge in [-0.2, -0.15) is 0 Å². The molecule has 0 bridgehead atoms. The second-order valence-electron chi connectivity index (χ2n) is 3.28. The van der Waals surface area contributed by atoms with E-state index in [4.69, 9.17) is 9.52 Å². The highest BCUT2D eigenvalue weighted by Gasteiger charge is 2.10. The normalized spacial score (nSPS) is 10.5. The largest absolute Gasteiger partial charge is 0.475 e. The van der Waals surface area contributed by atoms with Gasteiger partial charge in [0, 0.05) is 6.07 Å². The highest BCUT2D eigenvalue weighted by atomic mass is 16.4. The summed E-state index contributed by atoms with van der Waals surface area (Å²) in [5, 5.41) is 9.09. The molecule has 4 heteroatoms. The molecule has 0 spiro atoms. The van der Waals surface area contributed by atoms with Gasteiger partial charge in [-0.05, 0) is 19.1 Å². The van der Waals surface area contributed by atoms with Gasteiger partial charge in [-0.1, -0.05) is 11.6 Å². The average molecular weight is 204 g/mol. The maximum absolute atomic E-state index is 11.5. The van der Waals surface area contributed by atoms with Crippen LogP contribution in [0.3, 0.4) is 0 Å². The van der Waals surface area contributed by atoms with E-state index in [0.29, 0.717) is 11.0 Å². The van der Waals surface area contributed by atoms with Crippen molar-refractivity contribution in [2.45, 2.75) is 6.92 Å². The Labute approximate surface area is 84.8 Å². The Morgan fingerprint density at radius 2 is 2.07 bits per heavy atom. The molecule has 0 aliphatic carbocycles. The van der Waals surface area contributed by atoms with E-state index < -0.39 is 5.97 Å². The number of aryl methyl sites for hydroxylation is 1. The van der Waals surface area contributed by atoms with Crippen molar-refractivity contribution in [1.29, 1.82) is 0 Å². The standard InChI is InChI=1S/C11H8O4/c1-6-2-3-9-7(4-6)8(12)5-10(15-9)11(13)14/h2-5H,1H3,(H,13,14). The molecule has 4 nitrogen and oxygen atoms in total. The van der Waals surface area contributed by atoms with Crippen LogP contribution in [0.25, 0.3) is 11.0 Å². The highest BCUT2D eigenvalue weighted by Crippen LogP contribution is 2.13. The van der Waals surface area contributed by atoms with E-state index in [1.807, 2.05) is 6.92 Å². The lowest BCUT2D eigenvalue weighted by Gasteiger charge is -1.99. The van der Waals surface area contributed by atoms with Crippen molar-refractivity contribution in [3.63, 3.8) is 0 Å². The molecule has 1 aromatic carbocycles. The van der Waals surface area contributed by atoms with E-state index in [0.717, 1.165) is 11.6 Å². The quantitative estimate of drug-likeness (QED) is 0.769. The van der Waals surface area contributed by atoms with E-state index in [1.165, 1.54) is 0 Å². The third-order valence-corrected chi connectivity index (χ3v) is 2.09. The van der Waals surface area contributed by atoms with Gasteiger partial charge >= 0.3 is 5.97 Å². The van der Waals surface area contributed by atoms with E-state index in [-0.39, 0.29) is 11.2 Å². The zero-order valence-corrected chi connectivity index (χ0v) is 7.98. The number of hydrogen-bond acceptors (Lipinski definition) is 3. The summed E-state index contributed by atoms with van der Waals surface area (Å²) in [5.74, 6) is -1.58. The molecule has 76 valence electrons. The first-order chi connectivity index (χ1) is 7.08. The molecule has 2 rings (SSSR count). The third kappa shape index (κ3) is 1.61. The van der Waals surface area contributed by atoms with Crippen LogP contribution in [0, 0.1) is 6.92 Å². The van der Waals surface area contributed by atoms with E-state index in [9.17, 15) is 9.59 Å². The molecule has 15 heavy (non-hydrogen) atoms. The molecule has 0 radical (unpaired) electrons. The molecule has 0 saturated carbocycles. The van der Waals surface area contributed by atoms with Gasteiger partial charge in [-0.3, -0.25) is 4.79 Å². The Bertz CT molecular complexity index is 595. The van der Waals surface area contributed by atoms with Crippen LogP contribution < -0.4 is 5.43 Å². The Morgan fingerprint density at radius 3 is 2.73 bits per heavy atom. The first-order valence-corrected chi connectivity index (χ1v) is 4.36. The summed E-state index contributed by atoms with van der Waals surface area (Å²) in [7, 11) is 0. The predicted octanol–water partition coefficient (Wildman–Crippen LogP) is 1.80. The lowest BCUT2D eigenvalue weighted by Crippen LogP contribution is -2.06. The fourth-order valence-corrected chi connectivity index (χ4v) is 1.38. The molecule has 1 aromatic heterocycles. The fourth-order valence-electron chi connectivity index (χ4n) is 1.38. The second kappa shape index (κ2) is 3.24. The van der Waals surface area contributed by atoms with Crippen molar-refractivity contribution in [2.75, 3.05) is 0 Å². The Kier molecular flexibility index (Phi) is 2.04. The fraction of sp³-hybridized carbons (Fsp3) is 0.0909. The number of carboxylic acid groups (broad SMARTS) is 1. The third-order valence-electron chi connectivity index (χ3n) is 2.09. The summed E-state index contributed by atoms with van der Waals surface area (Å²) < 4.78 is 5.06. The molecule has 1 heterocycles. The maximum Gasteiger partial charge on any atom is 0.371 e. The summed E-state index contributed by atoms with van der Waals surface area (Å²) in [6.45, 7) is 1.85. The average Bonchev–Trinajstić information content (AvgIpc) is 2.18. The molecule has 0 aliphatic heterocycles. The van der Waals surface area contributed by atoms with Crippen LogP contribution >= 0.6 is 0 Å². The van der Waals surface area contributed by atoms with Gasteiger partial charge in [0.25, 0.3) is 0 Å². The summed E-state index contributed by atoms with van der Waals surface area (Å²) in [5.41, 5.74) is 0.890. The molecular weight excluding hydrogens is 196 g/mol. The first kappa shape index (κ1) is 9.45. The van der Waals surface area contributed by atoms with Crippen LogP contribution in [0.1, 0.15) is 16.1 Å². The van der Waals surface area contributed by atoms with Crippen molar-refractivity contribution in [1.82, 2.24) is 0 Å². The van der Waals surface area contributed by atoms with Crippen LogP contribution in [0.4, 0.5) is 0 Å². The first-order valence-electron chi connectivity index (χ1n) is 4.36. The van der Waals surface area contributed by atoms with E-state index in [1.54, 1.807) is 18.2 Å². The number of fused-ring (bicyclic) bond motifs is 1. The molecule has 0 aliphatic rings. The Morgan fingerprint density at radius 1 is 1.33 bits per heavy atom. The number of benzene rings is 1. The summed E-state index contributed by atoms with van der Waals surface area (Å²) in [4.78, 5) is 22.2. The molecular formula is C11H8O4. The van der Waals surface area contributed by atoms with Crippen LogP contribution in [0.5, 0.6) is 0 Å². The van der Waals surface area contributed by atoms with Gasteiger partial charge in [0.1, 0.15) is 5.58 Å². The van der Waals surface area contributed by atoms with E-state index >= 15 is 0 Å². The number of hydrogen-bond donors (Lipinski definition) is 1. The lowest BCUT2D eigenvalue weighted by atomic mass is 10.1. The van der Waals surface area contributed by atoms with Crippen molar-refractivity contribution < 1.29 is 14.3 Å². The zero-order valence-electron chi connectivity index (χ0n) is 7.98. The topological polar surface area (TPSA) is 67.5 Å². The SMILES string of the molecule is Cc1ccc2oc(C(=O)O)cc(=O)c2c1.